The van der Waals surface area contributed by atoms with Gasteiger partial charge in [0.1, 0.15) is 29.1 Å². The fourth-order valence-corrected chi connectivity index (χ4v) is 19.0. The number of carbonyl (C=O) groups excluding carboxylic acids is 3. The molecule has 6 atom stereocenters. The number of hydrogen-bond acceptors (Lipinski definition) is 20. The SMILES string of the molecule is C=CC(=O)N1CC(C)N(c2nc(=O)n(-c3c(C(C)C)cc(N4CCC4)nc3C(C)C)c3nc(-c4ccccc4F)c(Cl)cc23)CC1C.C=CC(=O)N1CC(C)N(c2nc(=O)n(-c3c(C(C)C)ccnc3C(C)C)c3nc(-c4ccccc4C)c(Cl)cc23)CC1C.C=CC(=O)N1CC(C)N(c2nc(=O)n(-c3c(C)ccnc3C(C)C)c3nc(-c4cc(F)c(F)cc4N)c(Cl)cc23)CC1C. The number of hydrogen-bond donors (Lipinski definition) is 1. The summed E-state index contributed by atoms with van der Waals surface area (Å²) in [5.74, 6) is -0.834. The van der Waals surface area contributed by atoms with Crippen molar-refractivity contribution in [1.29, 1.82) is 0 Å². The van der Waals surface area contributed by atoms with Crippen LogP contribution in [0.4, 0.5) is 42.1 Å². The van der Waals surface area contributed by atoms with Crippen molar-refractivity contribution in [3.8, 4) is 50.8 Å². The van der Waals surface area contributed by atoms with Crippen molar-refractivity contribution in [1.82, 2.24) is 73.3 Å². The van der Waals surface area contributed by atoms with Gasteiger partial charge in [0.25, 0.3) is 0 Å². The average Bonchev–Trinajstić information content (AvgIpc) is 0.721. The van der Waals surface area contributed by atoms with Crippen LogP contribution in [0.2, 0.25) is 15.1 Å². The van der Waals surface area contributed by atoms with Gasteiger partial charge in [-0.15, -0.1) is 0 Å². The van der Waals surface area contributed by atoms with E-state index in [-0.39, 0.29) is 127 Å². The highest BCUT2D eigenvalue weighted by molar-refractivity contribution is 6.35. The maximum atomic E-state index is 15.2. The molecule has 0 radical (unpaired) electrons. The minimum absolute atomic E-state index is 0.0277. The molecule has 6 unspecified atom stereocenters. The van der Waals surface area contributed by atoms with Crippen LogP contribution in [0.1, 0.15) is 186 Å². The molecule has 0 bridgehead atoms. The van der Waals surface area contributed by atoms with Crippen molar-refractivity contribution in [2.75, 3.05) is 77.7 Å². The van der Waals surface area contributed by atoms with Gasteiger partial charge in [-0.2, -0.15) is 15.0 Å². The van der Waals surface area contributed by atoms with Crippen LogP contribution in [0.15, 0.2) is 162 Å². The summed E-state index contributed by atoms with van der Waals surface area (Å²) >= 11 is 20.7. The van der Waals surface area contributed by atoms with E-state index in [1.807, 2.05) is 115 Å². The standard InChI is InChI=1S/C36H41ClFN7O2.C34H39ClN6O2.C31H32ClF2N7O2/c1-8-30(46)43-18-23(7)44(19-22(43)6)34-26-16-27(37)32(24-12-9-10-13-28(24)38)40-35(26)45(36(47)41-34)33-25(20(2)3)17-29(42-14-11-15-42)39-31(33)21(4)5;1-9-28(42)39-17-23(8)40(18-22(39)7)32-26-16-27(35)30(25-13-11-10-12-21(25)6)37-33(26)41(34(43)38-32)31-24(19(2)3)14-15-36-29(31)20(4)5;1-7-25(42)39-13-18(6)40(14-17(39)5)29-20-10-21(32)27(19-11-22(33)23(34)12-24(19)35)37-30(20)41(31(43)38-29)28-16(4)8-9-36-26(28)15(2)3/h8-10,12-13,16-17,20-23H,1,11,14-15,18-19H2,2-7H3;9-16,19-20,22-23H,1,17-18H2,2-8H3;7-12,15,17-18H,1,13-14,35H2,2-6H3. The van der Waals surface area contributed by atoms with Gasteiger partial charge in [-0.05, 0) is 186 Å². The Labute approximate surface area is 786 Å². The molecule has 3 aromatic carbocycles. The second-order valence-corrected chi connectivity index (χ2v) is 37.6. The highest BCUT2D eigenvalue weighted by atomic mass is 35.5. The number of amides is 3. The van der Waals surface area contributed by atoms with Crippen LogP contribution < -0.4 is 42.4 Å². The molecule has 9 aromatic heterocycles. The molecule has 2 N–H and O–H groups in total. The number of piperazine rings is 3. The number of anilines is 5. The smallest absolute Gasteiger partial charge is 0.355 e. The van der Waals surface area contributed by atoms with Crippen LogP contribution in [0.3, 0.4) is 0 Å². The van der Waals surface area contributed by atoms with Gasteiger partial charge in [0.05, 0.1) is 82.5 Å². The third kappa shape index (κ3) is 18.6. The number of fused-ring (bicyclic) bond motifs is 3. The zero-order valence-corrected chi connectivity index (χ0v) is 80.5. The number of nitrogens with two attached hydrogens (primary N) is 1. The topological polar surface area (TPSA) is 282 Å². The summed E-state index contributed by atoms with van der Waals surface area (Å²) in [5.41, 5.74) is 15.4. The van der Waals surface area contributed by atoms with Crippen LogP contribution in [0.5, 0.6) is 0 Å². The first-order valence-corrected chi connectivity index (χ1v) is 46.1. The van der Waals surface area contributed by atoms with E-state index in [1.54, 1.807) is 72.6 Å². The summed E-state index contributed by atoms with van der Waals surface area (Å²) < 4.78 is 48.1. The zero-order valence-electron chi connectivity index (χ0n) is 78.3. The number of aryl methyl sites for hydroxylation is 2. The number of pyridine rings is 6. The Morgan fingerprint density at radius 1 is 0.414 bits per heavy atom. The van der Waals surface area contributed by atoms with Gasteiger partial charge in [0.2, 0.25) is 17.7 Å². The lowest BCUT2D eigenvalue weighted by Gasteiger charge is -2.44. The van der Waals surface area contributed by atoms with E-state index in [0.717, 1.165) is 82.4 Å². The van der Waals surface area contributed by atoms with Gasteiger partial charge in [0.15, 0.2) is 28.6 Å². The largest absolute Gasteiger partial charge is 0.398 e. The lowest BCUT2D eigenvalue weighted by Crippen LogP contribution is -2.58. The number of carbonyl (C=O) groups is 3. The van der Waals surface area contributed by atoms with E-state index in [1.165, 1.54) is 28.9 Å². The minimum atomic E-state index is -1.12. The molecule has 26 nitrogen and oxygen atoms in total. The molecule has 16 rings (SSSR count). The molecule has 13 heterocycles. The fourth-order valence-electron chi connectivity index (χ4n) is 18.2. The molecule has 4 aliphatic heterocycles. The molecule has 4 saturated heterocycles. The quantitative estimate of drug-likeness (QED) is 0.0617. The van der Waals surface area contributed by atoms with Crippen molar-refractivity contribution in [3.05, 3.63) is 251 Å². The van der Waals surface area contributed by atoms with E-state index < -0.39 is 34.5 Å². The zero-order chi connectivity index (χ0) is 96.2. The summed E-state index contributed by atoms with van der Waals surface area (Å²) in [6.07, 6.45) is 8.54. The second-order valence-electron chi connectivity index (χ2n) is 36.4. The number of nitrogen functional groups attached to an aromatic ring is 1. The maximum absolute atomic E-state index is 15.2. The van der Waals surface area contributed by atoms with Gasteiger partial charge in [-0.1, -0.05) is 160 Å². The fraction of sp³-hybridized carbons (Fsp3) is 0.376. The van der Waals surface area contributed by atoms with Crippen molar-refractivity contribution in [3.63, 3.8) is 0 Å². The van der Waals surface area contributed by atoms with Crippen molar-refractivity contribution >= 4 is 115 Å². The monoisotopic (exact) mass is 1860 g/mol. The molecular formula is C101H112Cl3F3N20O6. The second kappa shape index (κ2) is 39.2. The highest BCUT2D eigenvalue weighted by Gasteiger charge is 2.40. The molecule has 4 aliphatic rings. The number of aromatic nitrogens is 12. The molecule has 0 aliphatic carbocycles. The summed E-state index contributed by atoms with van der Waals surface area (Å²) in [4.78, 5) is 137. The number of benzene rings is 3. The number of rotatable bonds is 18. The van der Waals surface area contributed by atoms with E-state index in [9.17, 15) is 37.5 Å². The van der Waals surface area contributed by atoms with Crippen LogP contribution in [0, 0.1) is 31.3 Å². The van der Waals surface area contributed by atoms with E-state index in [0.29, 0.717) is 112 Å². The molecule has 3 amide bonds. The molecule has 0 saturated carbocycles. The first kappa shape index (κ1) is 96.3. The predicted molar refractivity (Wildman–Crippen MR) is 526 cm³/mol. The molecule has 133 heavy (non-hydrogen) atoms. The molecule has 4 fully saturated rings. The van der Waals surface area contributed by atoms with Crippen LogP contribution in [-0.4, -0.2) is 180 Å². The minimum Gasteiger partial charge on any atom is -0.398 e. The Morgan fingerprint density at radius 2 is 0.789 bits per heavy atom. The summed E-state index contributed by atoms with van der Waals surface area (Å²) in [7, 11) is 0. The van der Waals surface area contributed by atoms with Gasteiger partial charge in [-0.3, -0.25) is 24.4 Å². The number of halogens is 6. The van der Waals surface area contributed by atoms with Crippen molar-refractivity contribution in [2.24, 2.45) is 0 Å². The van der Waals surface area contributed by atoms with Gasteiger partial charge < -0.3 is 40.0 Å². The third-order valence-corrected chi connectivity index (χ3v) is 26.2. The van der Waals surface area contributed by atoms with Crippen LogP contribution >= 0.6 is 34.8 Å². The molecule has 694 valence electrons. The first-order valence-electron chi connectivity index (χ1n) is 45.0. The van der Waals surface area contributed by atoms with Crippen LogP contribution in [-0.2, 0) is 14.4 Å². The summed E-state index contributed by atoms with van der Waals surface area (Å²) in [5, 5.41) is 2.47. The average molecular weight is 1870 g/mol. The Bertz CT molecular complexity index is 6780. The summed E-state index contributed by atoms with van der Waals surface area (Å²) in [6.45, 7) is 51.7. The van der Waals surface area contributed by atoms with E-state index >= 15 is 4.39 Å². The van der Waals surface area contributed by atoms with Crippen molar-refractivity contribution in [2.45, 2.75) is 197 Å². The van der Waals surface area contributed by atoms with E-state index in [2.05, 4.69) is 101 Å². The Kier molecular flexibility index (Phi) is 28.4. The van der Waals surface area contributed by atoms with Gasteiger partial charge in [0, 0.05) is 129 Å². The molecule has 32 heteroatoms. The lowest BCUT2D eigenvalue weighted by molar-refractivity contribution is -0.129. The normalized spacial score (nSPS) is 17.6. The summed E-state index contributed by atoms with van der Waals surface area (Å²) in [6, 6.07) is 26.1. The maximum Gasteiger partial charge on any atom is 0.355 e. The lowest BCUT2D eigenvalue weighted by atomic mass is 9.96. The first-order chi connectivity index (χ1) is 63.2. The van der Waals surface area contributed by atoms with E-state index in [4.69, 9.17) is 75.4 Å². The molecule has 0 spiro atoms. The molecular weight excluding hydrogens is 1750 g/mol. The Morgan fingerprint density at radius 3 is 1.19 bits per heavy atom. The van der Waals surface area contributed by atoms with Crippen molar-refractivity contribution < 1.29 is 27.6 Å². The third-order valence-electron chi connectivity index (χ3n) is 25.3. The number of nitrogens with zero attached hydrogens (tertiary/aromatic N) is 19. The van der Waals surface area contributed by atoms with Crippen LogP contribution in [0.25, 0.3) is 83.9 Å². The molecule has 12 aromatic rings. The van der Waals surface area contributed by atoms with Gasteiger partial charge in [-0.25, -0.2) is 61.2 Å². The predicted octanol–water partition coefficient (Wildman–Crippen LogP) is 18.8. The van der Waals surface area contributed by atoms with Gasteiger partial charge >= 0.3 is 17.1 Å². The Hall–Kier alpha value is -12.7. The highest BCUT2D eigenvalue weighted by Crippen LogP contribution is 2.44. The Balaban J connectivity index is 0.000000161.